The average Bonchev–Trinajstić information content (AvgIpc) is 1.84. The summed E-state index contributed by atoms with van der Waals surface area (Å²) >= 11 is 1.34. The lowest BCUT2D eigenvalue weighted by molar-refractivity contribution is -0.114. The van der Waals surface area contributed by atoms with E-state index in [0.717, 1.165) is 0 Å². The van der Waals surface area contributed by atoms with Crippen molar-refractivity contribution in [2.75, 3.05) is 6.26 Å². The van der Waals surface area contributed by atoms with Gasteiger partial charge in [0.1, 0.15) is 0 Å². The number of hydrogen-bond donors (Lipinski definition) is 2. The maximum absolute atomic E-state index is 10.3. The van der Waals surface area contributed by atoms with Crippen LogP contribution < -0.4 is 11.5 Å². The quantitative estimate of drug-likeness (QED) is 0.423. The fraction of sp³-hybridized carbons (Fsp3) is 0.400. The second kappa shape index (κ2) is 3.53. The minimum Gasteiger partial charge on any atom is -0.366 e. The molecule has 3 nitrogen and oxygen atoms in total. The molecular weight excluding hydrogens is 136 g/mol. The number of carbonyl (C=O) groups is 1. The van der Waals surface area contributed by atoms with Gasteiger partial charge < -0.3 is 11.5 Å². The summed E-state index contributed by atoms with van der Waals surface area (Å²) in [6, 6.07) is 0. The molecule has 0 aromatic rings. The molecule has 0 bridgehead atoms. The number of rotatable bonds is 3. The van der Waals surface area contributed by atoms with Crippen LogP contribution >= 0.6 is 11.8 Å². The van der Waals surface area contributed by atoms with Gasteiger partial charge in [0.2, 0.25) is 5.91 Å². The van der Waals surface area contributed by atoms with Crippen LogP contribution in [0.1, 0.15) is 0 Å². The normalized spacial score (nSPS) is 12.7. The minimum atomic E-state index is -0.531. The molecule has 1 amide bonds. The SMILES string of the molecule is C=C(C(N)=O)C(N)SC. The van der Waals surface area contributed by atoms with Crippen LogP contribution in [0.4, 0.5) is 0 Å². The second-order valence-electron chi connectivity index (χ2n) is 1.55. The Morgan fingerprint density at radius 2 is 2.22 bits per heavy atom. The molecule has 4 N–H and O–H groups in total. The zero-order valence-corrected chi connectivity index (χ0v) is 6.07. The molecule has 0 aliphatic carbocycles. The Kier molecular flexibility index (Phi) is 3.34. The van der Waals surface area contributed by atoms with Crippen LogP contribution in [0.3, 0.4) is 0 Å². The van der Waals surface area contributed by atoms with Gasteiger partial charge in [-0.1, -0.05) is 6.58 Å². The van der Waals surface area contributed by atoms with E-state index in [-0.39, 0.29) is 10.9 Å². The summed E-state index contributed by atoms with van der Waals surface area (Å²) < 4.78 is 0. The van der Waals surface area contributed by atoms with Gasteiger partial charge in [0.25, 0.3) is 0 Å². The summed E-state index contributed by atoms with van der Waals surface area (Å²) in [5.41, 5.74) is 10.5. The van der Waals surface area contributed by atoms with Gasteiger partial charge in [-0.2, -0.15) is 0 Å². The topological polar surface area (TPSA) is 69.1 Å². The number of nitrogens with two attached hydrogens (primary N) is 2. The highest BCUT2D eigenvalue weighted by molar-refractivity contribution is 7.99. The molecule has 52 valence electrons. The van der Waals surface area contributed by atoms with Crippen molar-refractivity contribution in [3.8, 4) is 0 Å². The number of amides is 1. The molecule has 0 aromatic carbocycles. The van der Waals surface area contributed by atoms with Crippen LogP contribution in [-0.2, 0) is 4.79 Å². The molecule has 0 aliphatic rings. The van der Waals surface area contributed by atoms with E-state index in [1.54, 1.807) is 6.26 Å². The van der Waals surface area contributed by atoms with Crippen LogP contribution in [0.5, 0.6) is 0 Å². The highest BCUT2D eigenvalue weighted by atomic mass is 32.2. The van der Waals surface area contributed by atoms with Crippen molar-refractivity contribution < 1.29 is 4.79 Å². The summed E-state index contributed by atoms with van der Waals surface area (Å²) in [6.07, 6.45) is 1.79. The van der Waals surface area contributed by atoms with Crippen molar-refractivity contribution in [1.29, 1.82) is 0 Å². The first-order valence-electron chi connectivity index (χ1n) is 2.36. The van der Waals surface area contributed by atoms with Crippen molar-refractivity contribution in [1.82, 2.24) is 0 Å². The average molecular weight is 146 g/mol. The van der Waals surface area contributed by atoms with Gasteiger partial charge in [0, 0.05) is 5.57 Å². The number of thioether (sulfide) groups is 1. The predicted octanol–water partition coefficient (Wildman–Crippen LogP) is -0.324. The fourth-order valence-electron chi connectivity index (χ4n) is 0.282. The molecular formula is C5H10N2OS. The number of carbonyl (C=O) groups excluding carboxylic acids is 1. The molecule has 0 saturated carbocycles. The van der Waals surface area contributed by atoms with E-state index in [4.69, 9.17) is 11.5 Å². The maximum atomic E-state index is 10.3. The van der Waals surface area contributed by atoms with E-state index in [0.29, 0.717) is 0 Å². The Hall–Kier alpha value is -0.480. The second-order valence-corrected chi connectivity index (χ2v) is 2.53. The van der Waals surface area contributed by atoms with Crippen molar-refractivity contribution >= 4 is 17.7 Å². The molecule has 0 radical (unpaired) electrons. The predicted molar refractivity (Wildman–Crippen MR) is 39.8 cm³/mol. The third-order valence-corrected chi connectivity index (χ3v) is 1.71. The van der Waals surface area contributed by atoms with Gasteiger partial charge in [0.05, 0.1) is 5.37 Å². The van der Waals surface area contributed by atoms with Crippen molar-refractivity contribution in [2.24, 2.45) is 11.5 Å². The van der Waals surface area contributed by atoms with Gasteiger partial charge in [-0.3, -0.25) is 4.79 Å². The van der Waals surface area contributed by atoms with E-state index in [2.05, 4.69) is 6.58 Å². The van der Waals surface area contributed by atoms with Gasteiger partial charge in [0.15, 0.2) is 0 Å². The van der Waals surface area contributed by atoms with Crippen molar-refractivity contribution in [2.45, 2.75) is 5.37 Å². The third-order valence-electron chi connectivity index (χ3n) is 0.914. The summed E-state index contributed by atoms with van der Waals surface area (Å²) in [5.74, 6) is -0.531. The zero-order valence-electron chi connectivity index (χ0n) is 5.26. The highest BCUT2D eigenvalue weighted by Crippen LogP contribution is 2.07. The van der Waals surface area contributed by atoms with E-state index in [1.807, 2.05) is 0 Å². The first-order chi connectivity index (χ1) is 4.09. The number of primary amides is 1. The van der Waals surface area contributed by atoms with E-state index in [1.165, 1.54) is 11.8 Å². The standard InChI is InChI=1S/C5H10N2OS/c1-3(4(6)8)5(7)9-2/h5H,1,7H2,2H3,(H2,6,8). The molecule has 0 saturated heterocycles. The molecule has 0 aliphatic heterocycles. The zero-order chi connectivity index (χ0) is 7.44. The van der Waals surface area contributed by atoms with E-state index >= 15 is 0 Å². The largest absolute Gasteiger partial charge is 0.366 e. The number of hydrogen-bond acceptors (Lipinski definition) is 3. The van der Waals surface area contributed by atoms with Gasteiger partial charge >= 0.3 is 0 Å². The highest BCUT2D eigenvalue weighted by Gasteiger charge is 2.08. The molecule has 0 heterocycles. The van der Waals surface area contributed by atoms with Crippen LogP contribution in [0.25, 0.3) is 0 Å². The van der Waals surface area contributed by atoms with E-state index < -0.39 is 5.91 Å². The fourth-order valence-corrected chi connectivity index (χ4v) is 0.683. The third kappa shape index (κ3) is 2.53. The Balaban J connectivity index is 3.88. The lowest BCUT2D eigenvalue weighted by atomic mass is 10.3. The van der Waals surface area contributed by atoms with Crippen LogP contribution in [0.2, 0.25) is 0 Å². The minimum absolute atomic E-state index is 0.266. The molecule has 0 spiro atoms. The molecule has 1 atom stereocenters. The lowest BCUT2D eigenvalue weighted by Gasteiger charge is -2.06. The Morgan fingerprint density at radius 3 is 2.33 bits per heavy atom. The monoisotopic (exact) mass is 146 g/mol. The van der Waals surface area contributed by atoms with E-state index in [9.17, 15) is 4.79 Å². The Bertz CT molecular complexity index is 135. The van der Waals surface area contributed by atoms with Gasteiger partial charge in [-0.05, 0) is 6.26 Å². The van der Waals surface area contributed by atoms with Crippen LogP contribution in [-0.4, -0.2) is 17.5 Å². The Labute approximate surface area is 58.5 Å². The van der Waals surface area contributed by atoms with Crippen LogP contribution in [0, 0.1) is 0 Å². The summed E-state index contributed by atoms with van der Waals surface area (Å²) in [7, 11) is 0. The first-order valence-corrected chi connectivity index (χ1v) is 3.65. The molecule has 0 rings (SSSR count). The summed E-state index contributed by atoms with van der Waals surface area (Å²) in [6.45, 7) is 3.40. The molecule has 1 unspecified atom stereocenters. The molecule has 4 heteroatoms. The smallest absolute Gasteiger partial charge is 0.246 e. The van der Waals surface area contributed by atoms with Gasteiger partial charge in [-0.25, -0.2) is 0 Å². The molecule has 0 aromatic heterocycles. The van der Waals surface area contributed by atoms with Crippen molar-refractivity contribution in [3.63, 3.8) is 0 Å². The van der Waals surface area contributed by atoms with Gasteiger partial charge in [-0.15, -0.1) is 11.8 Å². The lowest BCUT2D eigenvalue weighted by Crippen LogP contribution is -2.27. The maximum Gasteiger partial charge on any atom is 0.246 e. The summed E-state index contributed by atoms with van der Waals surface area (Å²) in [5, 5.41) is -0.359. The first kappa shape index (κ1) is 8.52. The van der Waals surface area contributed by atoms with Crippen LogP contribution in [0.15, 0.2) is 12.2 Å². The molecule has 9 heavy (non-hydrogen) atoms. The Morgan fingerprint density at radius 1 is 1.78 bits per heavy atom. The summed E-state index contributed by atoms with van der Waals surface area (Å²) in [4.78, 5) is 10.3. The molecule has 0 fully saturated rings. The van der Waals surface area contributed by atoms with Crippen molar-refractivity contribution in [3.05, 3.63) is 12.2 Å².